The van der Waals surface area contributed by atoms with Crippen LogP contribution in [0.5, 0.6) is 11.5 Å². The fourth-order valence-electron chi connectivity index (χ4n) is 3.90. The zero-order valence-electron chi connectivity index (χ0n) is 16.8. The molecule has 9 nitrogen and oxygen atoms in total. The number of H-pyrrole nitrogens is 1. The Kier molecular flexibility index (Phi) is 5.23. The van der Waals surface area contributed by atoms with Crippen molar-refractivity contribution in [3.05, 3.63) is 45.4 Å². The van der Waals surface area contributed by atoms with Crippen molar-refractivity contribution in [2.45, 2.75) is 13.0 Å². The molecule has 0 atom stereocenters. The molecule has 158 valence electrons. The van der Waals surface area contributed by atoms with Gasteiger partial charge in [-0.25, -0.2) is 4.79 Å². The molecule has 0 unspecified atom stereocenters. The van der Waals surface area contributed by atoms with Crippen LogP contribution in [-0.2, 0) is 20.0 Å². The van der Waals surface area contributed by atoms with Gasteiger partial charge in [-0.3, -0.25) is 4.79 Å². The van der Waals surface area contributed by atoms with E-state index in [2.05, 4.69) is 26.3 Å². The first-order valence-corrected chi connectivity index (χ1v) is 9.74. The number of nitrogens with zero attached hydrogens (tertiary/aromatic N) is 1. The number of aromatic hydroxyl groups is 1. The highest BCUT2D eigenvalue weighted by Crippen LogP contribution is 2.40. The van der Waals surface area contributed by atoms with E-state index in [1.807, 2.05) is 26.2 Å². The number of aromatic amines is 1. The highest BCUT2D eigenvalue weighted by atomic mass is 16.5. The average molecular weight is 412 g/mol. The molecule has 3 aromatic rings. The van der Waals surface area contributed by atoms with Gasteiger partial charge in [-0.15, -0.1) is 0 Å². The molecule has 2 aromatic heterocycles. The fourth-order valence-corrected chi connectivity index (χ4v) is 3.90. The number of hydrogen-bond acceptors (Lipinski definition) is 6. The summed E-state index contributed by atoms with van der Waals surface area (Å²) in [5.41, 5.74) is 1.99. The van der Waals surface area contributed by atoms with Gasteiger partial charge in [-0.1, -0.05) is 0 Å². The summed E-state index contributed by atoms with van der Waals surface area (Å²) in [7, 11) is 3.90. The molecule has 1 aliphatic heterocycles. The van der Waals surface area contributed by atoms with Crippen LogP contribution in [0.3, 0.4) is 0 Å². The molecule has 0 fully saturated rings. The molecule has 0 aliphatic carbocycles. The number of aryl methyl sites for hydroxylation is 1. The summed E-state index contributed by atoms with van der Waals surface area (Å²) in [4.78, 5) is 26.3. The number of ether oxygens (including phenoxy) is 1. The first kappa shape index (κ1) is 20.0. The van der Waals surface area contributed by atoms with Crippen LogP contribution in [0, 0.1) is 0 Å². The molecule has 30 heavy (non-hydrogen) atoms. The summed E-state index contributed by atoms with van der Waals surface area (Å²) in [5, 5.41) is 27.2. The second-order valence-electron chi connectivity index (χ2n) is 7.32. The van der Waals surface area contributed by atoms with Gasteiger partial charge in [0.05, 0.1) is 17.8 Å². The van der Waals surface area contributed by atoms with Crippen LogP contribution >= 0.6 is 0 Å². The molecule has 0 saturated heterocycles. The minimum absolute atomic E-state index is 0.257. The number of aromatic carboxylic acids is 1. The number of rotatable bonds is 6. The Bertz CT molecular complexity index is 1190. The van der Waals surface area contributed by atoms with Gasteiger partial charge in [0.2, 0.25) is 0 Å². The molecule has 1 aliphatic rings. The smallest absolute Gasteiger partial charge is 0.345 e. The predicted molar refractivity (Wildman–Crippen MR) is 112 cm³/mol. The maximum atomic E-state index is 12.3. The largest absolute Gasteiger partial charge is 0.506 e. The molecule has 0 bridgehead atoms. The van der Waals surface area contributed by atoms with Crippen molar-refractivity contribution >= 4 is 16.9 Å². The lowest BCUT2D eigenvalue weighted by atomic mass is 9.99. The quantitative estimate of drug-likeness (QED) is 0.385. The van der Waals surface area contributed by atoms with Gasteiger partial charge in [0, 0.05) is 61.4 Å². The Morgan fingerprint density at radius 1 is 1.30 bits per heavy atom. The zero-order chi connectivity index (χ0) is 21.4. The first-order valence-electron chi connectivity index (χ1n) is 9.74. The standard InChI is InChI=1S/C21H24N4O5/c1-22-4-5-23-10-12-7-11-8-14-16(9-15(11)25(12)2)30-6-3-13-18(14)24-20(27)17(19(13)26)21(28)29/h7-9,22-23H,3-6,10H2,1-2H3,(H,28,29)(H2,24,26,27). The lowest BCUT2D eigenvalue weighted by Gasteiger charge is -2.12. The summed E-state index contributed by atoms with van der Waals surface area (Å²) >= 11 is 0. The Morgan fingerprint density at radius 2 is 2.10 bits per heavy atom. The third kappa shape index (κ3) is 3.31. The summed E-state index contributed by atoms with van der Waals surface area (Å²) in [6.45, 7) is 2.68. The Morgan fingerprint density at radius 3 is 2.83 bits per heavy atom. The molecule has 0 radical (unpaired) electrons. The van der Waals surface area contributed by atoms with E-state index < -0.39 is 22.8 Å². The SMILES string of the molecule is CNCCNCc1cc2cc3c(cc2n1C)OCCc1c-3[nH]c(=O)c(C(=O)O)c1O. The average Bonchev–Trinajstić information content (AvgIpc) is 2.89. The van der Waals surface area contributed by atoms with Crippen LogP contribution in [0.1, 0.15) is 21.6 Å². The van der Waals surface area contributed by atoms with Gasteiger partial charge in [-0.2, -0.15) is 0 Å². The van der Waals surface area contributed by atoms with Crippen molar-refractivity contribution in [2.24, 2.45) is 7.05 Å². The van der Waals surface area contributed by atoms with Crippen molar-refractivity contribution in [3.8, 4) is 22.8 Å². The van der Waals surface area contributed by atoms with Crippen LogP contribution in [-0.4, -0.2) is 52.5 Å². The van der Waals surface area contributed by atoms with Gasteiger partial charge in [0.15, 0.2) is 5.56 Å². The van der Waals surface area contributed by atoms with Crippen molar-refractivity contribution in [1.82, 2.24) is 20.2 Å². The summed E-state index contributed by atoms with van der Waals surface area (Å²) < 4.78 is 7.98. The molecular weight excluding hydrogens is 388 g/mol. The number of hydrogen-bond donors (Lipinski definition) is 5. The highest BCUT2D eigenvalue weighted by molar-refractivity contribution is 5.94. The lowest BCUT2D eigenvalue weighted by molar-refractivity contribution is 0.0691. The first-order chi connectivity index (χ1) is 14.4. The van der Waals surface area contributed by atoms with E-state index in [1.165, 1.54) is 0 Å². The van der Waals surface area contributed by atoms with Gasteiger partial charge in [0.25, 0.3) is 5.56 Å². The Labute approximate surface area is 172 Å². The van der Waals surface area contributed by atoms with E-state index in [4.69, 9.17) is 4.74 Å². The molecule has 3 heterocycles. The normalized spacial score (nSPS) is 12.9. The molecule has 5 N–H and O–H groups in total. The maximum Gasteiger partial charge on any atom is 0.345 e. The van der Waals surface area contributed by atoms with Gasteiger partial charge in [0.1, 0.15) is 11.5 Å². The number of carbonyl (C=O) groups is 1. The zero-order valence-corrected chi connectivity index (χ0v) is 16.8. The molecule has 9 heteroatoms. The minimum Gasteiger partial charge on any atom is -0.506 e. The van der Waals surface area contributed by atoms with Crippen LogP contribution < -0.4 is 20.9 Å². The van der Waals surface area contributed by atoms with Crippen molar-refractivity contribution in [2.75, 3.05) is 26.7 Å². The van der Waals surface area contributed by atoms with E-state index in [9.17, 15) is 19.8 Å². The molecular formula is C21H24N4O5. The second kappa shape index (κ2) is 7.85. The number of carboxylic acids is 1. The Balaban J connectivity index is 1.83. The van der Waals surface area contributed by atoms with Crippen LogP contribution in [0.2, 0.25) is 0 Å². The van der Waals surface area contributed by atoms with Gasteiger partial charge < -0.3 is 35.1 Å². The molecule has 0 spiro atoms. The molecule has 0 amide bonds. The van der Waals surface area contributed by atoms with Crippen molar-refractivity contribution in [3.63, 3.8) is 0 Å². The van der Waals surface area contributed by atoms with Crippen molar-refractivity contribution in [1.29, 1.82) is 0 Å². The summed E-state index contributed by atoms with van der Waals surface area (Å²) in [5.74, 6) is -1.38. The monoisotopic (exact) mass is 412 g/mol. The van der Waals surface area contributed by atoms with E-state index in [-0.39, 0.29) is 13.0 Å². The summed E-state index contributed by atoms with van der Waals surface area (Å²) in [6.07, 6.45) is 0.282. The van der Waals surface area contributed by atoms with E-state index in [1.54, 1.807) is 0 Å². The minimum atomic E-state index is -1.46. The van der Waals surface area contributed by atoms with Crippen LogP contribution in [0.4, 0.5) is 0 Å². The second-order valence-corrected chi connectivity index (χ2v) is 7.32. The highest BCUT2D eigenvalue weighted by Gasteiger charge is 2.26. The number of nitrogens with one attached hydrogen (secondary N) is 3. The third-order valence-corrected chi connectivity index (χ3v) is 5.48. The van der Waals surface area contributed by atoms with E-state index in [0.717, 1.165) is 29.7 Å². The van der Waals surface area contributed by atoms with Crippen LogP contribution in [0.15, 0.2) is 23.0 Å². The number of aromatic nitrogens is 2. The fraction of sp³-hybridized carbons (Fsp3) is 0.333. The third-order valence-electron chi connectivity index (χ3n) is 5.48. The van der Waals surface area contributed by atoms with Crippen LogP contribution in [0.25, 0.3) is 22.2 Å². The predicted octanol–water partition coefficient (Wildman–Crippen LogP) is 1.18. The molecule has 0 saturated carbocycles. The lowest BCUT2D eigenvalue weighted by Crippen LogP contribution is -2.25. The summed E-state index contributed by atoms with van der Waals surface area (Å²) in [6, 6.07) is 5.88. The van der Waals surface area contributed by atoms with E-state index in [0.29, 0.717) is 29.1 Å². The molecule has 1 aromatic carbocycles. The maximum absolute atomic E-state index is 12.3. The van der Waals surface area contributed by atoms with Gasteiger partial charge >= 0.3 is 5.97 Å². The van der Waals surface area contributed by atoms with Gasteiger partial charge in [-0.05, 0) is 19.2 Å². The number of carboxylic acid groups (broad SMARTS) is 1. The van der Waals surface area contributed by atoms with Crippen molar-refractivity contribution < 1.29 is 19.7 Å². The Hall–Kier alpha value is -3.30. The van der Waals surface area contributed by atoms with E-state index >= 15 is 0 Å². The number of benzene rings is 1. The number of fused-ring (bicyclic) bond motifs is 4. The number of likely N-dealkylation sites (N-methyl/N-ethyl adjacent to an activating group) is 1. The molecule has 4 rings (SSSR count). The number of pyridine rings is 1. The topological polar surface area (TPSA) is 129 Å².